The quantitative estimate of drug-likeness (QED) is 0.201. The molecule has 0 bridgehead atoms. The van der Waals surface area contributed by atoms with Gasteiger partial charge in [-0.25, -0.2) is 0 Å². The van der Waals surface area contributed by atoms with Crippen molar-refractivity contribution in [3.05, 3.63) is 74.2 Å². The van der Waals surface area contributed by atoms with Gasteiger partial charge in [0.25, 0.3) is 23.6 Å². The van der Waals surface area contributed by atoms with E-state index in [9.17, 15) is 19.2 Å². The zero-order valence-electron chi connectivity index (χ0n) is 24.8. The fraction of sp³-hybridized carbons (Fsp3) is 0.310. The number of ether oxygens (including phenoxy) is 1. The summed E-state index contributed by atoms with van der Waals surface area (Å²) in [7, 11) is 5.09. The molecule has 0 aromatic carbocycles. The Balaban J connectivity index is 1.17. The molecule has 0 atom stereocenters. The number of amides is 4. The molecular formula is C29H32Cl2N8O5S. The van der Waals surface area contributed by atoms with Crippen molar-refractivity contribution in [1.82, 2.24) is 23.9 Å². The molecule has 0 saturated carbocycles. The Morgan fingerprint density at radius 2 is 1.20 bits per heavy atom. The Morgan fingerprint density at radius 1 is 0.733 bits per heavy atom. The van der Waals surface area contributed by atoms with E-state index in [0.29, 0.717) is 62.4 Å². The molecule has 1 aliphatic rings. The lowest BCUT2D eigenvalue weighted by Crippen LogP contribution is -2.41. The Hall–Kier alpha value is -4.08. The largest absolute Gasteiger partial charge is 0.379 e. The van der Waals surface area contributed by atoms with Crippen LogP contribution in [0, 0.1) is 0 Å². The first kappa shape index (κ1) is 32.3. The van der Waals surface area contributed by atoms with Crippen LogP contribution in [0.25, 0.3) is 0 Å². The average molecular weight is 676 g/mol. The highest BCUT2D eigenvalue weighted by Gasteiger charge is 2.20. The zero-order valence-corrected chi connectivity index (χ0v) is 27.1. The second-order valence-corrected chi connectivity index (χ2v) is 12.5. The summed E-state index contributed by atoms with van der Waals surface area (Å²) >= 11 is 13.0. The molecule has 0 radical (unpaired) electrons. The number of carbonyl (C=O) groups excluding carboxylic acids is 4. The number of aryl methyl sites for hydroxylation is 3. The lowest BCUT2D eigenvalue weighted by atomic mass is 10.3. The highest BCUT2D eigenvalue weighted by molar-refractivity contribution is 7.18. The molecule has 5 heterocycles. The maximum Gasteiger partial charge on any atom is 0.272 e. The van der Waals surface area contributed by atoms with Crippen LogP contribution in [0.1, 0.15) is 41.1 Å². The minimum atomic E-state index is -0.440. The summed E-state index contributed by atoms with van der Waals surface area (Å²) in [5.41, 5.74) is 2.25. The Labute approximate surface area is 273 Å². The van der Waals surface area contributed by atoms with E-state index in [-0.39, 0.29) is 11.6 Å². The van der Waals surface area contributed by atoms with E-state index in [1.54, 1.807) is 65.6 Å². The summed E-state index contributed by atoms with van der Waals surface area (Å²) in [6.07, 6.45) is 4.88. The van der Waals surface area contributed by atoms with Gasteiger partial charge >= 0.3 is 0 Å². The number of hydrogen-bond donors (Lipinski definition) is 4. The van der Waals surface area contributed by atoms with Crippen LogP contribution in [0.3, 0.4) is 0 Å². The molecule has 4 aromatic rings. The van der Waals surface area contributed by atoms with Gasteiger partial charge in [-0.05, 0) is 24.3 Å². The number of morpholine rings is 1. The second kappa shape index (κ2) is 13.9. The van der Waals surface area contributed by atoms with Gasteiger partial charge in [0, 0.05) is 65.9 Å². The van der Waals surface area contributed by atoms with Gasteiger partial charge in [-0.15, -0.1) is 11.3 Å². The van der Waals surface area contributed by atoms with Gasteiger partial charge in [-0.3, -0.25) is 24.1 Å². The molecule has 45 heavy (non-hydrogen) atoms. The highest BCUT2D eigenvalue weighted by atomic mass is 35.5. The third-order valence-electron chi connectivity index (χ3n) is 7.17. The number of carbonyl (C=O) groups is 4. The van der Waals surface area contributed by atoms with Crippen LogP contribution >= 0.6 is 34.5 Å². The molecule has 0 unspecified atom stereocenters. The van der Waals surface area contributed by atoms with Crippen LogP contribution in [0.5, 0.6) is 0 Å². The molecule has 13 nitrogen and oxygen atoms in total. The predicted molar refractivity (Wildman–Crippen MR) is 174 cm³/mol. The summed E-state index contributed by atoms with van der Waals surface area (Å²) in [5, 5.41) is 11.5. The summed E-state index contributed by atoms with van der Waals surface area (Å²) < 4.78 is 10.5. The molecule has 1 saturated heterocycles. The van der Waals surface area contributed by atoms with E-state index >= 15 is 0 Å². The molecule has 5 rings (SSSR count). The van der Waals surface area contributed by atoms with Crippen molar-refractivity contribution in [3.8, 4) is 0 Å². The van der Waals surface area contributed by atoms with Crippen LogP contribution in [0.15, 0.2) is 42.9 Å². The third-order valence-corrected chi connectivity index (χ3v) is 9.04. The molecule has 0 aliphatic carbocycles. The summed E-state index contributed by atoms with van der Waals surface area (Å²) in [4.78, 5) is 54.0. The Morgan fingerprint density at radius 3 is 1.67 bits per heavy atom. The van der Waals surface area contributed by atoms with Crippen molar-refractivity contribution >= 4 is 75.2 Å². The van der Waals surface area contributed by atoms with Crippen LogP contribution in [0.2, 0.25) is 9.36 Å². The molecule has 0 spiro atoms. The average Bonchev–Trinajstić information content (AvgIpc) is 3.75. The van der Waals surface area contributed by atoms with Crippen LogP contribution in [-0.2, 0) is 25.9 Å². The number of nitrogens with zero attached hydrogens (tertiary/aromatic N) is 4. The topological polar surface area (TPSA) is 144 Å². The van der Waals surface area contributed by atoms with Gasteiger partial charge in [-0.2, -0.15) is 0 Å². The van der Waals surface area contributed by atoms with Crippen molar-refractivity contribution in [3.63, 3.8) is 0 Å². The SMILES string of the molecule is Cn1cc(NC(=O)c2cc(NC(=O)c3cc(NC(=O)c4cc(Cl)c(Cl)s4)cn3C)cn2C)cc1C(=O)NCCN1CCOCC1. The van der Waals surface area contributed by atoms with E-state index in [4.69, 9.17) is 27.9 Å². The van der Waals surface area contributed by atoms with Gasteiger partial charge in [0.15, 0.2) is 0 Å². The first-order valence-corrected chi connectivity index (χ1v) is 15.5. The van der Waals surface area contributed by atoms with Gasteiger partial charge in [0.2, 0.25) is 0 Å². The van der Waals surface area contributed by atoms with Crippen molar-refractivity contribution in [1.29, 1.82) is 0 Å². The van der Waals surface area contributed by atoms with Crippen LogP contribution in [-0.4, -0.2) is 81.6 Å². The van der Waals surface area contributed by atoms with Crippen molar-refractivity contribution in [2.24, 2.45) is 21.1 Å². The smallest absolute Gasteiger partial charge is 0.272 e. The number of halogens is 2. The van der Waals surface area contributed by atoms with E-state index in [1.807, 2.05) is 0 Å². The Kier molecular flexibility index (Phi) is 9.99. The van der Waals surface area contributed by atoms with Gasteiger partial charge in [0.05, 0.1) is 40.2 Å². The van der Waals surface area contributed by atoms with E-state index in [2.05, 4.69) is 26.2 Å². The normalized spacial score (nSPS) is 13.4. The zero-order chi connectivity index (χ0) is 32.2. The van der Waals surface area contributed by atoms with Crippen molar-refractivity contribution < 1.29 is 23.9 Å². The fourth-order valence-corrected chi connectivity index (χ4v) is 6.12. The minimum Gasteiger partial charge on any atom is -0.379 e. The first-order chi connectivity index (χ1) is 21.5. The second-order valence-electron chi connectivity index (χ2n) is 10.5. The molecular weight excluding hydrogens is 643 g/mol. The number of thiophene rings is 1. The van der Waals surface area contributed by atoms with Gasteiger partial charge < -0.3 is 39.7 Å². The standard InChI is InChI=1S/C29H32Cl2N8O5S/c1-36-14-17(10-21(36)26(40)32-4-5-39-6-8-44-9-7-39)33-27(41)22-11-18(15-37(22)2)34-28(42)23-12-19(16-38(23)3)35-29(43)24-13-20(30)25(31)45-24/h10-16H,4-9H2,1-3H3,(H,32,40)(H,33,41)(H,34,42)(H,35,43). The lowest BCUT2D eigenvalue weighted by Gasteiger charge is -2.26. The molecule has 4 aromatic heterocycles. The third kappa shape index (κ3) is 7.78. The molecule has 1 aliphatic heterocycles. The van der Waals surface area contributed by atoms with E-state index in [0.717, 1.165) is 31.0 Å². The highest BCUT2D eigenvalue weighted by Crippen LogP contribution is 2.32. The number of aromatic nitrogens is 3. The summed E-state index contributed by atoms with van der Waals surface area (Å²) in [6, 6.07) is 6.17. The number of rotatable bonds is 10. The van der Waals surface area contributed by atoms with E-state index in [1.165, 1.54) is 12.1 Å². The maximum absolute atomic E-state index is 13.1. The molecule has 4 amide bonds. The van der Waals surface area contributed by atoms with Gasteiger partial charge in [0.1, 0.15) is 21.4 Å². The molecule has 4 N–H and O–H groups in total. The van der Waals surface area contributed by atoms with Crippen molar-refractivity contribution in [2.75, 3.05) is 55.3 Å². The van der Waals surface area contributed by atoms with Crippen molar-refractivity contribution in [2.45, 2.75) is 0 Å². The predicted octanol–water partition coefficient (Wildman–Crippen LogP) is 3.89. The lowest BCUT2D eigenvalue weighted by molar-refractivity contribution is 0.0383. The molecule has 16 heteroatoms. The molecule has 1 fully saturated rings. The first-order valence-electron chi connectivity index (χ1n) is 13.9. The van der Waals surface area contributed by atoms with E-state index < -0.39 is 17.7 Å². The fourth-order valence-electron chi connectivity index (χ4n) is 4.86. The summed E-state index contributed by atoms with van der Waals surface area (Å²) in [5.74, 6) is -1.50. The maximum atomic E-state index is 13.1. The summed E-state index contributed by atoms with van der Waals surface area (Å²) in [6.45, 7) is 4.32. The number of hydrogen-bond acceptors (Lipinski definition) is 7. The molecule has 238 valence electrons. The monoisotopic (exact) mass is 674 g/mol. The Bertz CT molecular complexity index is 1730. The number of nitrogens with one attached hydrogen (secondary N) is 4. The number of anilines is 3. The van der Waals surface area contributed by atoms with Gasteiger partial charge in [-0.1, -0.05) is 23.2 Å². The van der Waals surface area contributed by atoms with Crippen LogP contribution in [0.4, 0.5) is 17.1 Å². The van der Waals surface area contributed by atoms with Crippen LogP contribution < -0.4 is 21.3 Å². The minimum absolute atomic E-state index is 0.237.